The number of nitrogens with zero attached hydrogens (tertiary/aromatic N) is 1. The molecule has 1 rings (SSSR count). The molecule has 82 valence electrons. The zero-order valence-electron chi connectivity index (χ0n) is 8.67. The van der Waals surface area contributed by atoms with E-state index in [-0.39, 0.29) is 17.8 Å². The molecule has 1 unspecified atom stereocenters. The van der Waals surface area contributed by atoms with Gasteiger partial charge in [0.1, 0.15) is 5.88 Å². The average molecular weight is 220 g/mol. The number of carbonyl (C=O) groups is 1. The van der Waals surface area contributed by atoms with Crippen LogP contribution >= 0.6 is 11.6 Å². The predicted molar refractivity (Wildman–Crippen MR) is 56.6 cm³/mol. The number of rotatable bonds is 4. The van der Waals surface area contributed by atoms with Crippen LogP contribution in [0.2, 0.25) is 0 Å². The van der Waals surface area contributed by atoms with E-state index in [0.717, 1.165) is 19.4 Å². The molecule has 0 radical (unpaired) electrons. The standard InChI is InChI=1S/C10H18ClNO2/c1-2-14-8-9-5-3-4-6-12(9)10(13)7-11/h9H,2-8H2,1H3. The lowest BCUT2D eigenvalue weighted by atomic mass is 10.0. The van der Waals surface area contributed by atoms with Gasteiger partial charge in [-0.25, -0.2) is 0 Å². The number of hydrogen-bond donors (Lipinski definition) is 0. The Hall–Kier alpha value is -0.280. The molecule has 4 heteroatoms. The van der Waals surface area contributed by atoms with Crippen LogP contribution in [0.4, 0.5) is 0 Å². The first-order valence-corrected chi connectivity index (χ1v) is 5.76. The highest BCUT2D eigenvalue weighted by Crippen LogP contribution is 2.17. The fourth-order valence-corrected chi connectivity index (χ4v) is 1.99. The zero-order chi connectivity index (χ0) is 10.4. The highest BCUT2D eigenvalue weighted by atomic mass is 35.5. The quantitative estimate of drug-likeness (QED) is 0.673. The van der Waals surface area contributed by atoms with E-state index in [0.29, 0.717) is 13.2 Å². The van der Waals surface area contributed by atoms with Crippen LogP contribution in [0, 0.1) is 0 Å². The number of halogens is 1. The monoisotopic (exact) mass is 219 g/mol. The molecule has 0 N–H and O–H groups in total. The maximum absolute atomic E-state index is 11.5. The van der Waals surface area contributed by atoms with Crippen LogP contribution in [0.1, 0.15) is 26.2 Å². The van der Waals surface area contributed by atoms with Gasteiger partial charge < -0.3 is 9.64 Å². The average Bonchev–Trinajstić information content (AvgIpc) is 2.25. The Morgan fingerprint density at radius 2 is 2.36 bits per heavy atom. The van der Waals surface area contributed by atoms with Gasteiger partial charge >= 0.3 is 0 Å². The minimum Gasteiger partial charge on any atom is -0.380 e. The van der Waals surface area contributed by atoms with Gasteiger partial charge in [-0.2, -0.15) is 0 Å². The number of carbonyl (C=O) groups excluding carboxylic acids is 1. The lowest BCUT2D eigenvalue weighted by Gasteiger charge is -2.35. The molecule has 3 nitrogen and oxygen atoms in total. The van der Waals surface area contributed by atoms with Crippen molar-refractivity contribution in [3.8, 4) is 0 Å². The number of ether oxygens (including phenoxy) is 1. The number of amides is 1. The maximum atomic E-state index is 11.5. The van der Waals surface area contributed by atoms with Crippen molar-refractivity contribution in [3.05, 3.63) is 0 Å². The van der Waals surface area contributed by atoms with E-state index in [1.54, 1.807) is 0 Å². The number of alkyl halides is 1. The zero-order valence-corrected chi connectivity index (χ0v) is 9.42. The Balaban J connectivity index is 2.45. The minimum atomic E-state index is 0.0380. The molecule has 0 aromatic rings. The fourth-order valence-electron chi connectivity index (χ4n) is 1.83. The van der Waals surface area contributed by atoms with Crippen LogP contribution < -0.4 is 0 Å². The molecule has 1 aliphatic rings. The van der Waals surface area contributed by atoms with E-state index in [2.05, 4.69) is 0 Å². The fraction of sp³-hybridized carbons (Fsp3) is 0.900. The molecular formula is C10H18ClNO2. The molecule has 1 atom stereocenters. The molecule has 1 heterocycles. The molecule has 14 heavy (non-hydrogen) atoms. The Bertz CT molecular complexity index is 187. The van der Waals surface area contributed by atoms with Gasteiger partial charge in [-0.15, -0.1) is 11.6 Å². The third kappa shape index (κ3) is 3.14. The van der Waals surface area contributed by atoms with Gasteiger partial charge in [0.2, 0.25) is 5.91 Å². The van der Waals surface area contributed by atoms with Crippen molar-refractivity contribution in [1.29, 1.82) is 0 Å². The largest absolute Gasteiger partial charge is 0.380 e. The van der Waals surface area contributed by atoms with Crippen LogP contribution in [-0.2, 0) is 9.53 Å². The molecule has 0 aromatic heterocycles. The number of piperidine rings is 1. The van der Waals surface area contributed by atoms with Gasteiger partial charge in [-0.05, 0) is 26.2 Å². The summed E-state index contributed by atoms with van der Waals surface area (Å²) in [5, 5.41) is 0. The molecule has 1 saturated heterocycles. The van der Waals surface area contributed by atoms with E-state index >= 15 is 0 Å². The second-order valence-electron chi connectivity index (χ2n) is 3.53. The Kier molecular flexibility index (Phi) is 5.26. The van der Waals surface area contributed by atoms with E-state index in [4.69, 9.17) is 16.3 Å². The first-order valence-electron chi connectivity index (χ1n) is 5.22. The van der Waals surface area contributed by atoms with Crippen LogP contribution in [-0.4, -0.2) is 42.5 Å². The van der Waals surface area contributed by atoms with Crippen molar-refractivity contribution in [2.45, 2.75) is 32.2 Å². The minimum absolute atomic E-state index is 0.0380. The normalized spacial score (nSPS) is 22.4. The smallest absolute Gasteiger partial charge is 0.237 e. The Morgan fingerprint density at radius 3 is 3.00 bits per heavy atom. The topological polar surface area (TPSA) is 29.5 Å². The van der Waals surface area contributed by atoms with E-state index in [1.807, 2.05) is 11.8 Å². The van der Waals surface area contributed by atoms with E-state index in [1.165, 1.54) is 6.42 Å². The van der Waals surface area contributed by atoms with Gasteiger partial charge in [0.15, 0.2) is 0 Å². The Labute approximate surface area is 90.4 Å². The van der Waals surface area contributed by atoms with E-state index in [9.17, 15) is 4.79 Å². The summed E-state index contributed by atoms with van der Waals surface area (Å²) in [7, 11) is 0. The molecular weight excluding hydrogens is 202 g/mol. The molecule has 0 saturated carbocycles. The van der Waals surface area contributed by atoms with Crippen molar-refractivity contribution in [1.82, 2.24) is 4.90 Å². The first-order chi connectivity index (χ1) is 6.79. The lowest BCUT2D eigenvalue weighted by Crippen LogP contribution is -2.46. The molecule has 0 aliphatic carbocycles. The van der Waals surface area contributed by atoms with Crippen molar-refractivity contribution in [2.75, 3.05) is 25.6 Å². The Morgan fingerprint density at radius 1 is 1.57 bits per heavy atom. The summed E-state index contributed by atoms with van der Waals surface area (Å²) in [6.45, 7) is 4.17. The van der Waals surface area contributed by atoms with Crippen molar-refractivity contribution < 1.29 is 9.53 Å². The summed E-state index contributed by atoms with van der Waals surface area (Å²) < 4.78 is 5.36. The molecule has 0 bridgehead atoms. The summed E-state index contributed by atoms with van der Waals surface area (Å²) in [6, 6.07) is 0.245. The number of hydrogen-bond acceptors (Lipinski definition) is 2. The second-order valence-corrected chi connectivity index (χ2v) is 3.80. The predicted octanol–water partition coefficient (Wildman–Crippen LogP) is 1.64. The summed E-state index contributed by atoms with van der Waals surface area (Å²) in [6.07, 6.45) is 3.32. The van der Waals surface area contributed by atoms with Crippen molar-refractivity contribution in [2.24, 2.45) is 0 Å². The van der Waals surface area contributed by atoms with Gasteiger partial charge in [0, 0.05) is 13.2 Å². The lowest BCUT2D eigenvalue weighted by molar-refractivity contribution is -0.133. The van der Waals surface area contributed by atoms with E-state index < -0.39 is 0 Å². The second kappa shape index (κ2) is 6.25. The highest BCUT2D eigenvalue weighted by molar-refractivity contribution is 6.27. The maximum Gasteiger partial charge on any atom is 0.237 e. The summed E-state index contributed by atoms with van der Waals surface area (Å²) in [5.41, 5.74) is 0. The van der Waals surface area contributed by atoms with Crippen LogP contribution in [0.3, 0.4) is 0 Å². The van der Waals surface area contributed by atoms with Gasteiger partial charge in [0.05, 0.1) is 12.6 Å². The van der Waals surface area contributed by atoms with Crippen LogP contribution in [0.15, 0.2) is 0 Å². The van der Waals surface area contributed by atoms with Gasteiger partial charge in [-0.1, -0.05) is 0 Å². The van der Waals surface area contributed by atoms with Gasteiger partial charge in [-0.3, -0.25) is 4.79 Å². The third-order valence-electron chi connectivity index (χ3n) is 2.58. The molecule has 1 fully saturated rings. The molecule has 0 aromatic carbocycles. The first kappa shape index (κ1) is 11.8. The SMILES string of the molecule is CCOCC1CCCCN1C(=O)CCl. The summed E-state index contributed by atoms with van der Waals surface area (Å²) in [4.78, 5) is 13.3. The van der Waals surface area contributed by atoms with Crippen LogP contribution in [0.5, 0.6) is 0 Å². The summed E-state index contributed by atoms with van der Waals surface area (Å²) in [5.74, 6) is 0.124. The van der Waals surface area contributed by atoms with Gasteiger partial charge in [0.25, 0.3) is 0 Å². The van der Waals surface area contributed by atoms with Crippen LogP contribution in [0.25, 0.3) is 0 Å². The molecule has 1 amide bonds. The molecule has 1 aliphatic heterocycles. The third-order valence-corrected chi connectivity index (χ3v) is 2.80. The van der Waals surface area contributed by atoms with Crippen molar-refractivity contribution >= 4 is 17.5 Å². The number of likely N-dealkylation sites (tertiary alicyclic amines) is 1. The molecule has 0 spiro atoms. The van der Waals surface area contributed by atoms with Crippen molar-refractivity contribution in [3.63, 3.8) is 0 Å². The highest BCUT2D eigenvalue weighted by Gasteiger charge is 2.25. The summed E-state index contributed by atoms with van der Waals surface area (Å²) >= 11 is 5.55.